The molecule has 0 atom stereocenters. The third-order valence-electron chi connectivity index (χ3n) is 4.73. The molecular formula is C22H12Br3N3O8. The summed E-state index contributed by atoms with van der Waals surface area (Å²) in [6.07, 6.45) is 0. The number of hydrogen-bond acceptors (Lipinski definition) is 6. The van der Waals surface area contributed by atoms with E-state index in [9.17, 15) is 39.5 Å². The van der Waals surface area contributed by atoms with Crippen LogP contribution in [0, 0.1) is 10.1 Å². The number of carbonyl (C=O) groups is 4. The van der Waals surface area contributed by atoms with Gasteiger partial charge in [-0.05, 0) is 84.2 Å². The number of amides is 2. The van der Waals surface area contributed by atoms with E-state index in [2.05, 4.69) is 58.4 Å². The van der Waals surface area contributed by atoms with Gasteiger partial charge in [0.1, 0.15) is 0 Å². The predicted octanol–water partition coefficient (Wildman–Crippen LogP) is 5.78. The van der Waals surface area contributed by atoms with E-state index in [-0.39, 0.29) is 35.9 Å². The molecule has 0 aliphatic rings. The summed E-state index contributed by atoms with van der Waals surface area (Å²) in [5, 5.41) is 34.8. The molecule has 0 bridgehead atoms. The lowest BCUT2D eigenvalue weighted by Crippen LogP contribution is -2.17. The number of carboxylic acid groups (broad SMARTS) is 2. The average molecular weight is 686 g/mol. The van der Waals surface area contributed by atoms with Crippen molar-refractivity contribution in [1.29, 1.82) is 0 Å². The van der Waals surface area contributed by atoms with Gasteiger partial charge in [-0.2, -0.15) is 0 Å². The number of nitrogens with one attached hydrogen (secondary N) is 2. The number of nitrogens with zero attached hydrogens (tertiary/aromatic N) is 1. The van der Waals surface area contributed by atoms with E-state index < -0.39 is 39.8 Å². The fourth-order valence-corrected chi connectivity index (χ4v) is 5.84. The van der Waals surface area contributed by atoms with Gasteiger partial charge in [0.05, 0.1) is 30.7 Å². The normalized spacial score (nSPS) is 10.4. The number of carboxylic acids is 2. The van der Waals surface area contributed by atoms with Crippen molar-refractivity contribution in [2.24, 2.45) is 0 Å². The Bertz CT molecular complexity index is 1380. The quantitative estimate of drug-likeness (QED) is 0.179. The number of aromatic carboxylic acids is 2. The van der Waals surface area contributed by atoms with Crippen molar-refractivity contribution in [2.75, 3.05) is 10.6 Å². The molecule has 0 saturated heterocycles. The molecule has 0 fully saturated rings. The third kappa shape index (κ3) is 5.61. The summed E-state index contributed by atoms with van der Waals surface area (Å²) >= 11 is 9.20. The van der Waals surface area contributed by atoms with Gasteiger partial charge in [-0.25, -0.2) is 9.59 Å². The van der Waals surface area contributed by atoms with Crippen LogP contribution < -0.4 is 10.6 Å². The fourth-order valence-electron chi connectivity index (χ4n) is 2.98. The minimum Gasteiger partial charge on any atom is -0.478 e. The van der Waals surface area contributed by atoms with Gasteiger partial charge in [0.15, 0.2) is 0 Å². The number of halogens is 3. The molecule has 184 valence electrons. The van der Waals surface area contributed by atoms with E-state index >= 15 is 0 Å². The Labute approximate surface area is 227 Å². The minimum absolute atomic E-state index is 0.0564. The molecule has 0 radical (unpaired) electrons. The summed E-state index contributed by atoms with van der Waals surface area (Å²) in [4.78, 5) is 58.7. The van der Waals surface area contributed by atoms with Crippen LogP contribution in [0.4, 0.5) is 17.1 Å². The van der Waals surface area contributed by atoms with E-state index in [1.165, 1.54) is 48.5 Å². The highest BCUT2D eigenvalue weighted by molar-refractivity contribution is 9.11. The van der Waals surface area contributed by atoms with Crippen molar-refractivity contribution >= 4 is 88.6 Å². The van der Waals surface area contributed by atoms with Crippen LogP contribution in [0.25, 0.3) is 0 Å². The molecule has 36 heavy (non-hydrogen) atoms. The molecule has 0 aliphatic heterocycles. The molecule has 3 aromatic carbocycles. The maximum absolute atomic E-state index is 12.8. The summed E-state index contributed by atoms with van der Waals surface area (Å²) in [5.74, 6) is -4.05. The van der Waals surface area contributed by atoms with Crippen molar-refractivity contribution in [3.8, 4) is 0 Å². The number of carbonyl (C=O) groups excluding carboxylic acids is 2. The monoisotopic (exact) mass is 683 g/mol. The summed E-state index contributed by atoms with van der Waals surface area (Å²) in [6, 6.07) is 10.7. The van der Waals surface area contributed by atoms with Crippen molar-refractivity contribution < 1.29 is 34.3 Å². The molecule has 14 heteroatoms. The van der Waals surface area contributed by atoms with Crippen LogP contribution >= 0.6 is 47.8 Å². The second-order valence-corrected chi connectivity index (χ2v) is 9.35. The lowest BCUT2D eigenvalue weighted by Gasteiger charge is -2.16. The molecule has 11 nitrogen and oxygen atoms in total. The number of non-ortho nitro benzene ring substituents is 1. The summed E-state index contributed by atoms with van der Waals surface area (Å²) in [6.45, 7) is 0. The van der Waals surface area contributed by atoms with Crippen LogP contribution in [0.15, 0.2) is 61.9 Å². The molecular weight excluding hydrogens is 674 g/mol. The molecule has 0 unspecified atom stereocenters. The molecule has 2 amide bonds. The zero-order chi connectivity index (χ0) is 26.7. The number of anilines is 2. The highest BCUT2D eigenvalue weighted by atomic mass is 79.9. The van der Waals surface area contributed by atoms with Crippen LogP contribution in [0.1, 0.15) is 41.4 Å². The molecule has 0 saturated carbocycles. The number of rotatable bonds is 7. The van der Waals surface area contributed by atoms with Gasteiger partial charge in [-0.15, -0.1) is 0 Å². The fraction of sp³-hybridized carbons (Fsp3) is 0. The Morgan fingerprint density at radius 3 is 1.53 bits per heavy atom. The van der Waals surface area contributed by atoms with Gasteiger partial charge in [0, 0.05) is 33.4 Å². The largest absolute Gasteiger partial charge is 0.478 e. The first-order valence-electron chi connectivity index (χ1n) is 9.56. The number of benzene rings is 3. The van der Waals surface area contributed by atoms with Crippen molar-refractivity contribution in [1.82, 2.24) is 0 Å². The van der Waals surface area contributed by atoms with E-state index in [0.717, 1.165) is 0 Å². The maximum atomic E-state index is 12.8. The van der Waals surface area contributed by atoms with E-state index in [1.54, 1.807) is 0 Å². The summed E-state index contributed by atoms with van der Waals surface area (Å²) in [5.41, 5.74) is -0.396. The minimum atomic E-state index is -1.42. The van der Waals surface area contributed by atoms with Crippen LogP contribution in [-0.4, -0.2) is 38.9 Å². The molecule has 3 rings (SSSR count). The lowest BCUT2D eigenvalue weighted by atomic mass is 10.1. The number of hydrogen-bond donors (Lipinski definition) is 4. The smallest absolute Gasteiger partial charge is 0.338 e. The third-order valence-corrected chi connectivity index (χ3v) is 7.11. The van der Waals surface area contributed by atoms with Gasteiger partial charge < -0.3 is 20.8 Å². The highest BCUT2D eigenvalue weighted by Gasteiger charge is 2.28. The van der Waals surface area contributed by atoms with Crippen LogP contribution in [-0.2, 0) is 0 Å². The van der Waals surface area contributed by atoms with Gasteiger partial charge in [0.2, 0.25) is 0 Å². The van der Waals surface area contributed by atoms with Crippen LogP contribution in [0.3, 0.4) is 0 Å². The van der Waals surface area contributed by atoms with Gasteiger partial charge in [-0.3, -0.25) is 19.7 Å². The second-order valence-electron chi connectivity index (χ2n) is 6.97. The number of nitro groups is 1. The Morgan fingerprint density at radius 2 is 1.11 bits per heavy atom. The van der Waals surface area contributed by atoms with Gasteiger partial charge in [-0.1, -0.05) is 0 Å². The van der Waals surface area contributed by atoms with Gasteiger partial charge >= 0.3 is 11.9 Å². The topological polar surface area (TPSA) is 176 Å². The first kappa shape index (κ1) is 27.0. The van der Waals surface area contributed by atoms with Crippen LogP contribution in [0.2, 0.25) is 0 Å². The Balaban J connectivity index is 1.82. The number of nitro benzene ring substituents is 1. The first-order valence-corrected chi connectivity index (χ1v) is 11.9. The van der Waals surface area contributed by atoms with E-state index in [4.69, 9.17) is 0 Å². The van der Waals surface area contributed by atoms with E-state index in [1.807, 2.05) is 0 Å². The average Bonchev–Trinajstić information content (AvgIpc) is 2.81. The van der Waals surface area contributed by atoms with E-state index in [0.29, 0.717) is 5.69 Å². The predicted molar refractivity (Wildman–Crippen MR) is 139 cm³/mol. The van der Waals surface area contributed by atoms with Gasteiger partial charge in [0.25, 0.3) is 17.5 Å². The van der Waals surface area contributed by atoms with Crippen molar-refractivity contribution in [2.45, 2.75) is 0 Å². The Morgan fingerprint density at radius 1 is 0.694 bits per heavy atom. The SMILES string of the molecule is O=C(Nc1ccc(C(=O)Nc2c(Br)c(C(=O)O)c(Br)c(C(=O)O)c2Br)cc1)c1ccc([N+](=O)[O-])cc1. The standard InChI is InChI=1S/C22H12Br3N3O8/c23-15-13(21(31)32)16(24)18(17(25)14(15)22(33)34)27-20(30)9-1-5-11(6-2-9)26-19(29)10-3-7-12(8-4-10)28(35)36/h1-8H,(H,26,29)(H,27,30)(H,31,32)(H,33,34). The lowest BCUT2D eigenvalue weighted by molar-refractivity contribution is -0.384. The highest BCUT2D eigenvalue weighted by Crippen LogP contribution is 2.42. The molecule has 0 aromatic heterocycles. The Kier molecular flexibility index (Phi) is 8.22. The zero-order valence-electron chi connectivity index (χ0n) is 17.5. The molecule has 4 N–H and O–H groups in total. The maximum Gasteiger partial charge on any atom is 0.338 e. The van der Waals surface area contributed by atoms with Crippen LogP contribution in [0.5, 0.6) is 0 Å². The second kappa shape index (κ2) is 11.0. The Hall–Kier alpha value is -3.62. The first-order chi connectivity index (χ1) is 16.9. The van der Waals surface area contributed by atoms with Crippen molar-refractivity contribution in [3.05, 3.63) is 94.3 Å². The summed E-state index contributed by atoms with van der Waals surface area (Å²) < 4.78 is -0.300. The molecule has 0 aliphatic carbocycles. The molecule has 0 heterocycles. The zero-order valence-corrected chi connectivity index (χ0v) is 22.3. The summed E-state index contributed by atoms with van der Waals surface area (Å²) in [7, 11) is 0. The van der Waals surface area contributed by atoms with Crippen molar-refractivity contribution in [3.63, 3.8) is 0 Å². The molecule has 3 aromatic rings. The molecule has 0 spiro atoms.